The van der Waals surface area contributed by atoms with E-state index < -0.39 is 7.38 Å². The maximum absolute atomic E-state index is 7.51. The summed E-state index contributed by atoms with van der Waals surface area (Å²) < 4.78 is 0. The van der Waals surface area contributed by atoms with Crippen molar-refractivity contribution in [3.8, 4) is 0 Å². The smallest absolute Gasteiger partial charge is 0.166 e. The molecule has 0 unspecified atom stereocenters. The van der Waals surface area contributed by atoms with Crippen molar-refractivity contribution in [3.63, 3.8) is 0 Å². The molecule has 0 atom stereocenters. The van der Waals surface area contributed by atoms with Crippen LogP contribution in [-0.4, -0.2) is 7.38 Å². The number of hydrogen-bond acceptors (Lipinski definition) is 0. The lowest BCUT2D eigenvalue weighted by molar-refractivity contribution is 0.440. The van der Waals surface area contributed by atoms with Crippen molar-refractivity contribution in [1.29, 1.82) is 0 Å². The predicted octanol–water partition coefficient (Wildman–Crippen LogP) is 6.64. The predicted molar refractivity (Wildman–Crippen MR) is 85.0 cm³/mol. The Hall–Kier alpha value is 0.507. The lowest BCUT2D eigenvalue weighted by Crippen LogP contribution is -2.48. The van der Waals surface area contributed by atoms with Gasteiger partial charge in [-0.3, -0.25) is 0 Å². The first-order chi connectivity index (χ1) is 8.46. The van der Waals surface area contributed by atoms with Gasteiger partial charge in [-0.25, -0.2) is 0 Å². The van der Waals surface area contributed by atoms with Gasteiger partial charge in [0.05, 0.1) is 0 Å². The Morgan fingerprint density at radius 1 is 0.722 bits per heavy atom. The Bertz CT molecular complexity index is 239. The summed E-state index contributed by atoms with van der Waals surface area (Å²) >= 11 is 7.51. The molecule has 0 aromatic rings. The monoisotopic (exact) mass is 286 g/mol. The highest BCUT2D eigenvalue weighted by Gasteiger charge is 2.54. The summed E-state index contributed by atoms with van der Waals surface area (Å²) in [5.41, 5.74) is 1.80. The molecule has 2 fully saturated rings. The fraction of sp³-hybridized carbons (Fsp3) is 1.00. The van der Waals surface area contributed by atoms with Crippen LogP contribution in [0.4, 0.5) is 0 Å². The van der Waals surface area contributed by atoms with E-state index in [1.165, 1.54) is 64.2 Å². The Morgan fingerprint density at radius 2 is 1.06 bits per heavy atom. The topological polar surface area (TPSA) is 0 Å². The summed E-state index contributed by atoms with van der Waals surface area (Å²) in [6.07, 6.45) is 14.4. The van der Waals surface area contributed by atoms with Crippen LogP contribution in [-0.2, 0) is 0 Å². The van der Waals surface area contributed by atoms with Gasteiger partial charge in [-0.1, -0.05) is 85.0 Å². The molecule has 18 heavy (non-hydrogen) atoms. The van der Waals surface area contributed by atoms with Gasteiger partial charge in [0.15, 0.2) is 7.38 Å². The molecule has 2 aliphatic carbocycles. The zero-order valence-electron chi connectivity index (χ0n) is 12.6. The minimum atomic E-state index is -1.68. The normalized spacial score (nSPS) is 25.3. The molecule has 106 valence electrons. The van der Waals surface area contributed by atoms with E-state index >= 15 is 0 Å². The molecule has 2 rings (SSSR count). The fourth-order valence-electron chi connectivity index (χ4n) is 4.60. The van der Waals surface area contributed by atoms with Gasteiger partial charge in [-0.15, -0.1) is 0 Å². The van der Waals surface area contributed by atoms with Crippen LogP contribution in [0.2, 0.25) is 16.1 Å². The summed E-state index contributed by atoms with van der Waals surface area (Å²) in [6.45, 7) is 7.32. The van der Waals surface area contributed by atoms with Crippen molar-refractivity contribution in [1.82, 2.24) is 0 Å². The highest BCUT2D eigenvalue weighted by atomic mass is 35.6. The quantitative estimate of drug-likeness (QED) is 0.394. The molecular weight excluding hydrogens is 256 g/mol. The lowest BCUT2D eigenvalue weighted by atomic mass is 9.99. The summed E-state index contributed by atoms with van der Waals surface area (Å²) in [5, 5.41) is 0.374. The van der Waals surface area contributed by atoms with Gasteiger partial charge < -0.3 is 0 Å². The standard InChI is InChI=1S/C16H31ClSi/c1-16(2,3)18(17,14-10-6-4-7-11-14)15-12-8-5-9-13-15/h14-15H,4-13H2,1-3H3. The molecule has 0 aliphatic heterocycles. The summed E-state index contributed by atoms with van der Waals surface area (Å²) in [7, 11) is -1.68. The van der Waals surface area contributed by atoms with E-state index in [-0.39, 0.29) is 0 Å². The van der Waals surface area contributed by atoms with Crippen molar-refractivity contribution in [2.45, 2.75) is 101 Å². The maximum Gasteiger partial charge on any atom is 0.167 e. The van der Waals surface area contributed by atoms with E-state index in [9.17, 15) is 0 Å². The highest BCUT2D eigenvalue weighted by molar-refractivity contribution is 7.23. The number of halogens is 1. The molecule has 2 heteroatoms. The van der Waals surface area contributed by atoms with Crippen molar-refractivity contribution in [2.75, 3.05) is 0 Å². The summed E-state index contributed by atoms with van der Waals surface area (Å²) in [6, 6.07) is 0. The maximum atomic E-state index is 7.51. The van der Waals surface area contributed by atoms with Crippen LogP contribution in [0.5, 0.6) is 0 Å². The molecular formula is C16H31ClSi. The Morgan fingerprint density at radius 3 is 1.33 bits per heavy atom. The van der Waals surface area contributed by atoms with E-state index in [1.54, 1.807) is 0 Å². The highest BCUT2D eigenvalue weighted by Crippen LogP contribution is 2.60. The first-order valence-electron chi connectivity index (χ1n) is 8.15. The van der Waals surface area contributed by atoms with E-state index in [0.717, 1.165) is 11.1 Å². The molecule has 0 radical (unpaired) electrons. The molecule has 0 nitrogen and oxygen atoms in total. The zero-order chi connectivity index (χ0) is 13.2. The van der Waals surface area contributed by atoms with Gasteiger partial charge in [0.25, 0.3) is 0 Å². The van der Waals surface area contributed by atoms with Gasteiger partial charge in [0, 0.05) is 0 Å². The van der Waals surface area contributed by atoms with Crippen LogP contribution < -0.4 is 0 Å². The second-order valence-electron chi connectivity index (χ2n) is 7.69. The lowest BCUT2D eigenvalue weighted by Gasteiger charge is -2.50. The Labute approximate surface area is 120 Å². The minimum absolute atomic E-state index is 0.374. The fourth-order valence-corrected chi connectivity index (χ4v) is 11.5. The van der Waals surface area contributed by atoms with Crippen LogP contribution in [0.1, 0.15) is 85.0 Å². The molecule has 2 aliphatic rings. The summed E-state index contributed by atoms with van der Waals surface area (Å²) in [4.78, 5) is 0. The van der Waals surface area contributed by atoms with Crippen molar-refractivity contribution >= 4 is 18.5 Å². The van der Waals surface area contributed by atoms with Gasteiger partial charge in [0.2, 0.25) is 0 Å². The van der Waals surface area contributed by atoms with Crippen LogP contribution in [0, 0.1) is 0 Å². The average Bonchev–Trinajstić information content (AvgIpc) is 2.38. The van der Waals surface area contributed by atoms with Gasteiger partial charge in [0.1, 0.15) is 0 Å². The molecule has 0 aromatic heterocycles. The van der Waals surface area contributed by atoms with E-state index in [0.29, 0.717) is 5.04 Å². The van der Waals surface area contributed by atoms with Crippen LogP contribution in [0.25, 0.3) is 0 Å². The molecule has 2 saturated carbocycles. The van der Waals surface area contributed by atoms with E-state index in [4.69, 9.17) is 11.1 Å². The van der Waals surface area contributed by atoms with Crippen molar-refractivity contribution < 1.29 is 0 Å². The van der Waals surface area contributed by atoms with Gasteiger partial charge in [-0.2, -0.15) is 11.1 Å². The average molecular weight is 287 g/mol. The second-order valence-corrected chi connectivity index (χ2v) is 14.2. The third kappa shape index (κ3) is 2.82. The first-order valence-corrected chi connectivity index (χ1v) is 11.3. The van der Waals surface area contributed by atoms with Crippen molar-refractivity contribution in [2.24, 2.45) is 0 Å². The molecule has 0 heterocycles. The van der Waals surface area contributed by atoms with Gasteiger partial charge in [-0.05, 0) is 16.1 Å². The Balaban J connectivity index is 2.21. The summed E-state index contributed by atoms with van der Waals surface area (Å²) in [5.74, 6) is 0. The molecule has 0 aromatic carbocycles. The first kappa shape index (κ1) is 14.9. The zero-order valence-corrected chi connectivity index (χ0v) is 14.4. The van der Waals surface area contributed by atoms with Crippen LogP contribution in [0.3, 0.4) is 0 Å². The number of rotatable bonds is 2. The van der Waals surface area contributed by atoms with E-state index in [1.807, 2.05) is 0 Å². The largest absolute Gasteiger partial charge is 0.167 e. The van der Waals surface area contributed by atoms with Crippen molar-refractivity contribution in [3.05, 3.63) is 0 Å². The minimum Gasteiger partial charge on any atom is -0.166 e. The third-order valence-electron chi connectivity index (χ3n) is 5.55. The molecule has 0 bridgehead atoms. The van der Waals surface area contributed by atoms with E-state index in [2.05, 4.69) is 20.8 Å². The van der Waals surface area contributed by atoms with Crippen LogP contribution in [0.15, 0.2) is 0 Å². The molecule has 0 amide bonds. The molecule has 0 spiro atoms. The van der Waals surface area contributed by atoms with Gasteiger partial charge >= 0.3 is 0 Å². The van der Waals surface area contributed by atoms with Crippen LogP contribution >= 0.6 is 11.1 Å². The molecule has 0 saturated heterocycles. The Kier molecular flexibility index (Phi) is 4.86. The third-order valence-corrected chi connectivity index (χ3v) is 14.9. The SMILES string of the molecule is CC(C)(C)[Si](Cl)(C1CCCCC1)C1CCCCC1. The second kappa shape index (κ2) is 5.87. The number of hydrogen-bond donors (Lipinski definition) is 0. The molecule has 0 N–H and O–H groups in total.